The molecule has 0 aliphatic heterocycles. The van der Waals surface area contributed by atoms with Crippen molar-refractivity contribution in [3.8, 4) is 0 Å². The molecule has 0 spiro atoms. The van der Waals surface area contributed by atoms with Crippen molar-refractivity contribution in [2.24, 2.45) is 0 Å². The molecule has 3 rings (SSSR count). The van der Waals surface area contributed by atoms with Crippen molar-refractivity contribution < 1.29 is 18.3 Å². The van der Waals surface area contributed by atoms with E-state index in [0.29, 0.717) is 10.5 Å². The molecule has 0 atom stereocenters. The normalized spacial score (nSPS) is 11.5. The van der Waals surface area contributed by atoms with E-state index in [1.807, 2.05) is 0 Å². The van der Waals surface area contributed by atoms with Crippen LogP contribution in [0.4, 0.5) is 5.13 Å². The zero-order valence-corrected chi connectivity index (χ0v) is 13.7. The van der Waals surface area contributed by atoms with Gasteiger partial charge in [-0.1, -0.05) is 35.1 Å². The Balaban J connectivity index is 1.98. The van der Waals surface area contributed by atoms with Crippen molar-refractivity contribution in [2.75, 3.05) is 4.72 Å². The third-order valence-electron chi connectivity index (χ3n) is 2.98. The van der Waals surface area contributed by atoms with E-state index in [0.717, 1.165) is 22.1 Å². The Labute approximate surface area is 140 Å². The number of fused-ring (bicyclic) bond motifs is 1. The SMILES string of the molecule is O=C(O)c1cccc(S(=O)(=O)Nc2nc3c(Cl)cccc3s2)c1. The number of thiazole rings is 1. The van der Waals surface area contributed by atoms with E-state index >= 15 is 0 Å². The summed E-state index contributed by atoms with van der Waals surface area (Å²) in [6, 6.07) is 10.3. The predicted molar refractivity (Wildman–Crippen MR) is 88.8 cm³/mol. The first-order chi connectivity index (χ1) is 10.9. The highest BCUT2D eigenvalue weighted by atomic mass is 35.5. The molecule has 23 heavy (non-hydrogen) atoms. The summed E-state index contributed by atoms with van der Waals surface area (Å²) in [6.45, 7) is 0. The van der Waals surface area contributed by atoms with Crippen LogP contribution in [0.2, 0.25) is 5.02 Å². The van der Waals surface area contributed by atoms with Crippen LogP contribution in [0.15, 0.2) is 47.4 Å². The minimum atomic E-state index is -3.94. The summed E-state index contributed by atoms with van der Waals surface area (Å²) < 4.78 is 27.8. The molecule has 2 N–H and O–H groups in total. The van der Waals surface area contributed by atoms with Gasteiger partial charge in [0.2, 0.25) is 0 Å². The number of hydrogen-bond donors (Lipinski definition) is 2. The second kappa shape index (κ2) is 5.80. The number of hydrogen-bond acceptors (Lipinski definition) is 5. The van der Waals surface area contributed by atoms with Crippen LogP contribution in [0.1, 0.15) is 10.4 Å². The van der Waals surface area contributed by atoms with Crippen LogP contribution in [0.5, 0.6) is 0 Å². The van der Waals surface area contributed by atoms with Crippen LogP contribution in [-0.4, -0.2) is 24.5 Å². The smallest absolute Gasteiger partial charge is 0.335 e. The number of rotatable bonds is 4. The van der Waals surface area contributed by atoms with E-state index in [9.17, 15) is 13.2 Å². The van der Waals surface area contributed by atoms with Crippen molar-refractivity contribution >= 4 is 54.3 Å². The molecule has 0 unspecified atom stereocenters. The first-order valence-electron chi connectivity index (χ1n) is 6.28. The number of anilines is 1. The number of aromatic carboxylic acids is 1. The molecule has 118 valence electrons. The van der Waals surface area contributed by atoms with Crippen LogP contribution in [0.25, 0.3) is 10.2 Å². The molecule has 6 nitrogen and oxygen atoms in total. The number of carboxylic acid groups (broad SMARTS) is 1. The quantitative estimate of drug-likeness (QED) is 0.735. The highest BCUT2D eigenvalue weighted by molar-refractivity contribution is 7.93. The van der Waals surface area contributed by atoms with Gasteiger partial charge in [-0.25, -0.2) is 18.2 Å². The van der Waals surface area contributed by atoms with Gasteiger partial charge in [-0.15, -0.1) is 0 Å². The Bertz CT molecular complexity index is 1010. The average Bonchev–Trinajstić information content (AvgIpc) is 2.90. The molecule has 9 heteroatoms. The second-order valence-corrected chi connectivity index (χ2v) is 7.66. The van der Waals surface area contributed by atoms with Crippen molar-refractivity contribution in [3.05, 3.63) is 53.1 Å². The highest BCUT2D eigenvalue weighted by Gasteiger charge is 2.18. The summed E-state index contributed by atoms with van der Waals surface area (Å²) >= 11 is 7.16. The number of nitrogens with one attached hydrogen (secondary N) is 1. The number of halogens is 1. The summed E-state index contributed by atoms with van der Waals surface area (Å²) in [5.74, 6) is -1.20. The Morgan fingerprint density at radius 3 is 2.65 bits per heavy atom. The maximum atomic E-state index is 12.4. The topological polar surface area (TPSA) is 96.4 Å². The molecule has 0 fully saturated rings. The first kappa shape index (κ1) is 15.7. The molecule has 0 radical (unpaired) electrons. The number of carboxylic acids is 1. The molecule has 0 amide bonds. The van der Waals surface area contributed by atoms with Gasteiger partial charge in [0.25, 0.3) is 10.0 Å². The monoisotopic (exact) mass is 368 g/mol. The van der Waals surface area contributed by atoms with E-state index in [1.54, 1.807) is 18.2 Å². The third-order valence-corrected chi connectivity index (χ3v) is 5.69. The van der Waals surface area contributed by atoms with Gasteiger partial charge in [-0.2, -0.15) is 0 Å². The second-order valence-electron chi connectivity index (χ2n) is 4.54. The zero-order chi connectivity index (χ0) is 16.6. The van der Waals surface area contributed by atoms with E-state index in [-0.39, 0.29) is 15.6 Å². The zero-order valence-electron chi connectivity index (χ0n) is 11.4. The average molecular weight is 369 g/mol. The number of benzene rings is 2. The fourth-order valence-corrected chi connectivity index (χ4v) is 4.37. The Kier molecular flexibility index (Phi) is 3.97. The predicted octanol–water partition coefficient (Wildman–Crippen LogP) is 3.45. The summed E-state index contributed by atoms with van der Waals surface area (Å²) in [7, 11) is -3.94. The molecule has 0 aliphatic rings. The minimum Gasteiger partial charge on any atom is -0.478 e. The molecule has 0 saturated heterocycles. The van der Waals surface area contributed by atoms with Crippen LogP contribution < -0.4 is 4.72 Å². The summed E-state index contributed by atoms with van der Waals surface area (Å²) in [4.78, 5) is 15.0. The molecule has 1 heterocycles. The number of carbonyl (C=O) groups is 1. The van der Waals surface area contributed by atoms with Gasteiger partial charge in [-0.05, 0) is 30.3 Å². The number of nitrogens with zero attached hydrogens (tertiary/aromatic N) is 1. The van der Waals surface area contributed by atoms with Crippen molar-refractivity contribution in [1.82, 2.24) is 4.98 Å². The lowest BCUT2D eigenvalue weighted by Gasteiger charge is -2.05. The van der Waals surface area contributed by atoms with Gasteiger partial charge < -0.3 is 5.11 Å². The lowest BCUT2D eigenvalue weighted by molar-refractivity contribution is 0.0696. The molecule has 3 aromatic rings. The molecule has 1 aromatic heterocycles. The van der Waals surface area contributed by atoms with Gasteiger partial charge >= 0.3 is 5.97 Å². The van der Waals surface area contributed by atoms with Crippen molar-refractivity contribution in [1.29, 1.82) is 0 Å². The highest BCUT2D eigenvalue weighted by Crippen LogP contribution is 2.31. The Hall–Kier alpha value is -2.16. The summed E-state index contributed by atoms with van der Waals surface area (Å²) in [6.07, 6.45) is 0. The van der Waals surface area contributed by atoms with Gasteiger partial charge in [0.1, 0.15) is 5.52 Å². The van der Waals surface area contributed by atoms with Crippen LogP contribution >= 0.6 is 22.9 Å². The molecule has 0 saturated carbocycles. The van der Waals surface area contributed by atoms with E-state index in [1.165, 1.54) is 18.2 Å². The fraction of sp³-hybridized carbons (Fsp3) is 0. The van der Waals surface area contributed by atoms with Gasteiger partial charge in [0.05, 0.1) is 20.2 Å². The molecule has 0 bridgehead atoms. The lowest BCUT2D eigenvalue weighted by atomic mass is 10.2. The molecule has 2 aromatic carbocycles. The number of aromatic nitrogens is 1. The van der Waals surface area contributed by atoms with Crippen molar-refractivity contribution in [3.63, 3.8) is 0 Å². The molecule has 0 aliphatic carbocycles. The number of sulfonamides is 1. The van der Waals surface area contributed by atoms with Crippen molar-refractivity contribution in [2.45, 2.75) is 4.90 Å². The van der Waals surface area contributed by atoms with Gasteiger partial charge in [-0.3, -0.25) is 4.72 Å². The Morgan fingerprint density at radius 1 is 1.22 bits per heavy atom. The van der Waals surface area contributed by atoms with E-state index in [2.05, 4.69) is 9.71 Å². The third kappa shape index (κ3) is 3.14. The maximum Gasteiger partial charge on any atom is 0.335 e. The van der Waals surface area contributed by atoms with E-state index < -0.39 is 16.0 Å². The van der Waals surface area contributed by atoms with Crippen LogP contribution in [0, 0.1) is 0 Å². The van der Waals surface area contributed by atoms with Gasteiger partial charge in [0.15, 0.2) is 5.13 Å². The Morgan fingerprint density at radius 2 is 1.96 bits per heavy atom. The molecular weight excluding hydrogens is 360 g/mol. The van der Waals surface area contributed by atoms with E-state index in [4.69, 9.17) is 16.7 Å². The standard InChI is InChI=1S/C14H9ClN2O4S2/c15-10-5-2-6-11-12(10)16-14(22-11)17-23(20,21)9-4-1-3-8(7-9)13(18)19/h1-7H,(H,16,17)(H,18,19). The molecular formula is C14H9ClN2O4S2. The van der Waals surface area contributed by atoms with Gasteiger partial charge in [0, 0.05) is 0 Å². The fourth-order valence-electron chi connectivity index (χ4n) is 1.93. The lowest BCUT2D eigenvalue weighted by Crippen LogP contribution is -2.13. The maximum absolute atomic E-state index is 12.4. The summed E-state index contributed by atoms with van der Waals surface area (Å²) in [5.41, 5.74) is 0.399. The summed E-state index contributed by atoms with van der Waals surface area (Å²) in [5, 5.41) is 9.54. The number of para-hydroxylation sites is 1. The first-order valence-corrected chi connectivity index (χ1v) is 8.96. The van der Waals surface area contributed by atoms with Crippen LogP contribution in [-0.2, 0) is 10.0 Å². The largest absolute Gasteiger partial charge is 0.478 e. The van der Waals surface area contributed by atoms with Crippen LogP contribution in [0.3, 0.4) is 0 Å². The minimum absolute atomic E-state index is 0.111.